The third-order valence-corrected chi connectivity index (χ3v) is 17.3. The van der Waals surface area contributed by atoms with E-state index in [1.54, 1.807) is 0 Å². The molecule has 494 valence electrons. The average Bonchev–Trinajstić information content (AvgIpc) is 1.58. The zero-order chi connectivity index (χ0) is 69.1. The van der Waals surface area contributed by atoms with Crippen molar-refractivity contribution in [2.24, 2.45) is 0 Å². The maximum atomic E-state index is 2.55. The van der Waals surface area contributed by atoms with Crippen molar-refractivity contribution in [1.82, 2.24) is 9.13 Å². The number of para-hydroxylation sites is 3. The van der Waals surface area contributed by atoms with Gasteiger partial charge >= 0.3 is 0 Å². The van der Waals surface area contributed by atoms with Gasteiger partial charge in [-0.1, -0.05) is 333 Å². The van der Waals surface area contributed by atoms with Gasteiger partial charge in [0.1, 0.15) is 0 Å². The van der Waals surface area contributed by atoms with Gasteiger partial charge in [0, 0.05) is 56.7 Å². The molecule has 2 aromatic heterocycles. The van der Waals surface area contributed by atoms with Crippen LogP contribution in [0.3, 0.4) is 0 Å². The number of rotatable bonds is 8. The molecule has 0 amide bonds. The molecule has 11 aromatic carbocycles. The fourth-order valence-electron chi connectivity index (χ4n) is 13.8. The molecule has 2 heterocycles. The summed E-state index contributed by atoms with van der Waals surface area (Å²) in [5.41, 5.74) is 33.3. The SMILES string of the molecule is CC.CC.CC.CC.CC.CC.CC.CC.CC.CCc1cc(Cn2c3ccccc3c3c4c(ccc32)-c2ccccc2C4)cc(-c2cccc3c2Cc2ccccc2-3)c1.CCc1cc(Cn2c3ccccc3c3ccccc32)cc(-c2cccc3c2Cc2ccccc2-3)c1. The van der Waals surface area contributed by atoms with Gasteiger partial charge in [-0.2, -0.15) is 0 Å². The molecule has 2 heteroatoms. The lowest BCUT2D eigenvalue weighted by Crippen LogP contribution is -2.01. The van der Waals surface area contributed by atoms with Crippen molar-refractivity contribution in [1.29, 1.82) is 0 Å². The molecule has 0 spiro atoms. The number of hydrogen-bond donors (Lipinski definition) is 0. The van der Waals surface area contributed by atoms with E-state index in [1.807, 2.05) is 125 Å². The van der Waals surface area contributed by atoms with Gasteiger partial charge in [0.25, 0.3) is 0 Å². The molecule has 0 fully saturated rings. The van der Waals surface area contributed by atoms with Crippen LogP contribution < -0.4 is 0 Å². The van der Waals surface area contributed by atoms with Gasteiger partial charge in [0.05, 0.1) is 0 Å². The lowest BCUT2D eigenvalue weighted by molar-refractivity contribution is 0.866. The average molecular weight is 1260 g/mol. The van der Waals surface area contributed by atoms with Crippen molar-refractivity contribution in [3.8, 4) is 55.6 Å². The van der Waals surface area contributed by atoms with Crippen molar-refractivity contribution in [2.45, 2.75) is 184 Å². The molecular formula is C93H112N2. The first-order valence-electron chi connectivity index (χ1n) is 36.8. The largest absolute Gasteiger partial charge is 0.336 e. The first-order valence-corrected chi connectivity index (χ1v) is 36.8. The van der Waals surface area contributed by atoms with Gasteiger partial charge in [0.2, 0.25) is 0 Å². The van der Waals surface area contributed by atoms with Gasteiger partial charge in [-0.3, -0.25) is 0 Å². The van der Waals surface area contributed by atoms with E-state index < -0.39 is 0 Å². The maximum absolute atomic E-state index is 2.55. The number of benzene rings is 11. The summed E-state index contributed by atoms with van der Waals surface area (Å²) in [5, 5.41) is 5.44. The van der Waals surface area contributed by atoms with E-state index in [0.717, 1.165) is 45.2 Å². The fraction of sp³-hybridized carbons (Fsp3) is 0.290. The Labute approximate surface area is 574 Å². The summed E-state index contributed by atoms with van der Waals surface area (Å²) in [5.74, 6) is 0. The molecule has 0 aliphatic heterocycles. The standard InChI is InChI=1S/C41H31N.C34H27N.9C2H6/c1-2-26-20-27(22-30(21-26)33-15-9-16-34-31-12-5-3-10-28(31)23-37(33)34)25-42-39-17-8-7-14-36(39)41-38-24-29-11-4-6-13-32(29)35(38)18-19-40(41)42;1-2-23-18-24(22-35-33-16-7-5-12-30(33)31-13-6-8-17-34(31)35)20-26(19-23)28-14-9-15-29-27-11-4-3-10-25(27)21-32(28)29;9*1-2/h3-22H,2,23-25H2,1H3;3-20H,2,21-22H2,1H3;9*1-2H3. The molecule has 2 nitrogen and oxygen atoms in total. The molecule has 3 aliphatic carbocycles. The minimum absolute atomic E-state index is 0.853. The lowest BCUT2D eigenvalue weighted by atomic mass is 9.92. The van der Waals surface area contributed by atoms with Crippen LogP contribution >= 0.6 is 0 Å². The Morgan fingerprint density at radius 1 is 0.242 bits per heavy atom. The van der Waals surface area contributed by atoms with E-state index in [0.29, 0.717) is 0 Å². The molecule has 0 atom stereocenters. The summed E-state index contributed by atoms with van der Waals surface area (Å²) in [4.78, 5) is 0. The monoisotopic (exact) mass is 1260 g/mol. The van der Waals surface area contributed by atoms with Gasteiger partial charge in [0.15, 0.2) is 0 Å². The quantitative estimate of drug-likeness (QED) is 0.143. The van der Waals surface area contributed by atoms with E-state index in [-0.39, 0.29) is 0 Å². The number of hydrogen-bond acceptors (Lipinski definition) is 0. The zero-order valence-corrected chi connectivity index (χ0v) is 61.8. The Hall–Kier alpha value is -8.98. The second-order valence-electron chi connectivity index (χ2n) is 21.7. The van der Waals surface area contributed by atoms with Crippen LogP contribution in [0.1, 0.15) is 194 Å². The summed E-state index contributed by atoms with van der Waals surface area (Å²) in [6.07, 6.45) is 5.08. The Morgan fingerprint density at radius 2 is 0.537 bits per heavy atom. The van der Waals surface area contributed by atoms with Crippen molar-refractivity contribution < 1.29 is 0 Å². The topological polar surface area (TPSA) is 9.86 Å². The highest BCUT2D eigenvalue weighted by atomic mass is 15.0. The molecule has 0 bridgehead atoms. The third-order valence-electron chi connectivity index (χ3n) is 17.3. The van der Waals surface area contributed by atoms with E-state index in [9.17, 15) is 0 Å². The fourth-order valence-corrected chi connectivity index (χ4v) is 13.8. The molecule has 0 saturated heterocycles. The summed E-state index contributed by atoms with van der Waals surface area (Å²) < 4.78 is 5.03. The Kier molecular flexibility index (Phi) is 29.9. The van der Waals surface area contributed by atoms with E-state index in [1.165, 1.54) is 155 Å². The highest BCUT2D eigenvalue weighted by Gasteiger charge is 2.26. The summed E-state index contributed by atoms with van der Waals surface area (Å²) in [6, 6.07) is 86.1. The van der Waals surface area contributed by atoms with E-state index in [4.69, 9.17) is 0 Å². The summed E-state index contributed by atoms with van der Waals surface area (Å²) >= 11 is 0. The highest BCUT2D eigenvalue weighted by molar-refractivity contribution is 6.13. The van der Waals surface area contributed by atoms with Crippen molar-refractivity contribution >= 4 is 43.6 Å². The van der Waals surface area contributed by atoms with Crippen LogP contribution in [0, 0.1) is 0 Å². The molecule has 3 aliphatic rings. The first-order chi connectivity index (χ1) is 47.1. The molecular weight excluding hydrogens is 1150 g/mol. The van der Waals surface area contributed by atoms with Crippen LogP contribution in [0.2, 0.25) is 0 Å². The predicted octanol–water partition coefficient (Wildman–Crippen LogP) is 28.1. The molecule has 0 N–H and O–H groups in total. The molecule has 0 saturated carbocycles. The minimum atomic E-state index is 0.853. The van der Waals surface area contributed by atoms with Gasteiger partial charge < -0.3 is 9.13 Å². The second-order valence-corrected chi connectivity index (χ2v) is 21.7. The van der Waals surface area contributed by atoms with E-state index >= 15 is 0 Å². The Balaban J connectivity index is 0.000000246. The Morgan fingerprint density at radius 3 is 0.937 bits per heavy atom. The van der Waals surface area contributed by atoms with Crippen molar-refractivity contribution in [3.63, 3.8) is 0 Å². The minimum Gasteiger partial charge on any atom is -0.336 e. The van der Waals surface area contributed by atoms with E-state index in [2.05, 4.69) is 254 Å². The molecule has 0 unspecified atom stereocenters. The number of aromatic nitrogens is 2. The zero-order valence-electron chi connectivity index (χ0n) is 61.8. The normalized spacial score (nSPS) is 10.8. The van der Waals surface area contributed by atoms with Crippen LogP contribution in [0.4, 0.5) is 0 Å². The summed E-state index contributed by atoms with van der Waals surface area (Å²) in [6.45, 7) is 42.3. The third kappa shape index (κ3) is 15.6. The maximum Gasteiger partial charge on any atom is 0.0497 e. The summed E-state index contributed by atoms with van der Waals surface area (Å²) in [7, 11) is 0. The number of nitrogens with zero attached hydrogens (tertiary/aromatic N) is 2. The van der Waals surface area contributed by atoms with Crippen LogP contribution in [-0.4, -0.2) is 9.13 Å². The second kappa shape index (κ2) is 37.8. The van der Waals surface area contributed by atoms with Crippen LogP contribution in [-0.2, 0) is 45.2 Å². The highest BCUT2D eigenvalue weighted by Crippen LogP contribution is 2.46. The molecule has 13 aromatic rings. The van der Waals surface area contributed by atoms with Crippen molar-refractivity contribution in [3.05, 3.63) is 286 Å². The van der Waals surface area contributed by atoms with Crippen LogP contribution in [0.25, 0.3) is 99.2 Å². The predicted molar refractivity (Wildman–Crippen MR) is 426 cm³/mol. The molecule has 16 rings (SSSR count). The van der Waals surface area contributed by atoms with Gasteiger partial charge in [-0.15, -0.1) is 0 Å². The smallest absolute Gasteiger partial charge is 0.0497 e. The van der Waals surface area contributed by atoms with Gasteiger partial charge in [-0.25, -0.2) is 0 Å². The number of fused-ring (bicyclic) bond motifs is 16. The molecule has 0 radical (unpaired) electrons. The Bertz CT molecular complexity index is 4460. The number of aryl methyl sites for hydroxylation is 2. The van der Waals surface area contributed by atoms with Gasteiger partial charge in [-0.05, 0) is 180 Å². The first kappa shape index (κ1) is 75.1. The lowest BCUT2D eigenvalue weighted by Gasteiger charge is -2.15. The van der Waals surface area contributed by atoms with Crippen LogP contribution in [0.15, 0.2) is 231 Å². The van der Waals surface area contributed by atoms with Crippen molar-refractivity contribution in [2.75, 3.05) is 0 Å². The molecule has 95 heavy (non-hydrogen) atoms. The van der Waals surface area contributed by atoms with Crippen LogP contribution in [0.5, 0.6) is 0 Å².